The van der Waals surface area contributed by atoms with E-state index in [9.17, 15) is 4.79 Å². The van der Waals surface area contributed by atoms with E-state index in [1.54, 1.807) is 12.5 Å². The highest BCUT2D eigenvalue weighted by Gasteiger charge is 2.25. The van der Waals surface area contributed by atoms with Crippen LogP contribution in [0.15, 0.2) is 47.2 Å². The molecule has 0 spiro atoms. The summed E-state index contributed by atoms with van der Waals surface area (Å²) in [5.74, 6) is 0.900. The quantitative estimate of drug-likeness (QED) is 0.858. The molecule has 1 atom stereocenters. The van der Waals surface area contributed by atoms with Crippen molar-refractivity contribution >= 4 is 6.03 Å². The van der Waals surface area contributed by atoms with Crippen molar-refractivity contribution in [3.63, 3.8) is 0 Å². The molecule has 23 heavy (non-hydrogen) atoms. The number of nitrogens with zero attached hydrogens (tertiary/aromatic N) is 2. The highest BCUT2D eigenvalue weighted by molar-refractivity contribution is 5.73. The van der Waals surface area contributed by atoms with Gasteiger partial charge in [-0.1, -0.05) is 6.07 Å². The standard InChI is InChI=1S/C17H22N4O2/c22-17(19-12-14-6-1-2-8-18-14)20-13-15(16-7-5-11-23-16)21-9-3-4-10-21/h1-2,5-8,11,15H,3-4,9-10,12-13H2,(H2,19,20,22)/t15-/m1/s1. The Morgan fingerprint density at radius 3 is 2.78 bits per heavy atom. The van der Waals surface area contributed by atoms with E-state index in [4.69, 9.17) is 4.42 Å². The molecule has 3 heterocycles. The van der Waals surface area contributed by atoms with Gasteiger partial charge in [0.1, 0.15) is 5.76 Å². The van der Waals surface area contributed by atoms with Crippen LogP contribution in [0.4, 0.5) is 4.79 Å². The lowest BCUT2D eigenvalue weighted by molar-refractivity contribution is 0.203. The Kier molecular flexibility index (Phi) is 5.26. The first-order valence-electron chi connectivity index (χ1n) is 8.02. The Labute approximate surface area is 135 Å². The highest BCUT2D eigenvalue weighted by Crippen LogP contribution is 2.24. The molecule has 2 aromatic heterocycles. The van der Waals surface area contributed by atoms with Gasteiger partial charge in [-0.3, -0.25) is 9.88 Å². The van der Waals surface area contributed by atoms with Crippen LogP contribution in [0.5, 0.6) is 0 Å². The number of furan rings is 1. The van der Waals surface area contributed by atoms with Gasteiger partial charge in [-0.15, -0.1) is 0 Å². The molecule has 1 aliphatic heterocycles. The first-order valence-corrected chi connectivity index (χ1v) is 8.02. The number of nitrogens with one attached hydrogen (secondary N) is 2. The number of pyridine rings is 1. The van der Waals surface area contributed by atoms with Crippen LogP contribution in [-0.4, -0.2) is 35.5 Å². The van der Waals surface area contributed by atoms with Crippen molar-refractivity contribution in [3.05, 3.63) is 54.2 Å². The third kappa shape index (κ3) is 4.32. The zero-order valence-corrected chi connectivity index (χ0v) is 13.1. The molecule has 0 saturated carbocycles. The first kappa shape index (κ1) is 15.6. The Balaban J connectivity index is 1.51. The van der Waals surface area contributed by atoms with E-state index in [-0.39, 0.29) is 12.1 Å². The van der Waals surface area contributed by atoms with Gasteiger partial charge in [-0.2, -0.15) is 0 Å². The van der Waals surface area contributed by atoms with Crippen molar-refractivity contribution in [2.75, 3.05) is 19.6 Å². The van der Waals surface area contributed by atoms with Gasteiger partial charge in [0, 0.05) is 12.7 Å². The summed E-state index contributed by atoms with van der Waals surface area (Å²) >= 11 is 0. The molecule has 1 aliphatic rings. The average molecular weight is 314 g/mol. The molecule has 0 aromatic carbocycles. The summed E-state index contributed by atoms with van der Waals surface area (Å²) in [5, 5.41) is 5.77. The second-order valence-electron chi connectivity index (χ2n) is 5.66. The lowest BCUT2D eigenvalue weighted by Crippen LogP contribution is -2.41. The molecular weight excluding hydrogens is 292 g/mol. The van der Waals surface area contributed by atoms with Crippen molar-refractivity contribution in [3.8, 4) is 0 Å². The smallest absolute Gasteiger partial charge is 0.315 e. The van der Waals surface area contributed by atoms with Crippen molar-refractivity contribution in [1.29, 1.82) is 0 Å². The number of hydrogen-bond acceptors (Lipinski definition) is 4. The van der Waals surface area contributed by atoms with Crippen LogP contribution in [-0.2, 0) is 6.54 Å². The third-order valence-electron chi connectivity index (χ3n) is 4.07. The maximum absolute atomic E-state index is 12.0. The maximum Gasteiger partial charge on any atom is 0.315 e. The predicted molar refractivity (Wildman–Crippen MR) is 86.7 cm³/mol. The normalized spacial score (nSPS) is 16.2. The predicted octanol–water partition coefficient (Wildman–Crippen LogP) is 2.31. The minimum Gasteiger partial charge on any atom is -0.468 e. The molecule has 3 rings (SSSR count). The van der Waals surface area contributed by atoms with Crippen molar-refractivity contribution in [2.45, 2.75) is 25.4 Å². The van der Waals surface area contributed by atoms with Crippen molar-refractivity contribution in [1.82, 2.24) is 20.5 Å². The van der Waals surface area contributed by atoms with Gasteiger partial charge < -0.3 is 15.1 Å². The Morgan fingerprint density at radius 1 is 1.22 bits per heavy atom. The molecule has 2 aromatic rings. The van der Waals surface area contributed by atoms with Crippen LogP contribution in [0, 0.1) is 0 Å². The highest BCUT2D eigenvalue weighted by atomic mass is 16.3. The zero-order valence-electron chi connectivity index (χ0n) is 13.1. The second kappa shape index (κ2) is 7.78. The lowest BCUT2D eigenvalue weighted by Gasteiger charge is -2.26. The maximum atomic E-state index is 12.0. The average Bonchev–Trinajstić information content (AvgIpc) is 3.28. The fraction of sp³-hybridized carbons (Fsp3) is 0.412. The summed E-state index contributed by atoms with van der Waals surface area (Å²) in [6.07, 6.45) is 5.79. The van der Waals surface area contributed by atoms with Crippen molar-refractivity contribution in [2.24, 2.45) is 0 Å². The first-order chi connectivity index (χ1) is 11.3. The Morgan fingerprint density at radius 2 is 2.09 bits per heavy atom. The molecule has 2 N–H and O–H groups in total. The van der Waals surface area contributed by atoms with Gasteiger partial charge in [-0.25, -0.2) is 4.79 Å². The number of rotatable bonds is 6. The van der Waals surface area contributed by atoms with Gasteiger partial charge in [0.15, 0.2) is 0 Å². The molecule has 0 aliphatic carbocycles. The number of carbonyl (C=O) groups is 1. The fourth-order valence-electron chi connectivity index (χ4n) is 2.87. The number of carbonyl (C=O) groups excluding carboxylic acids is 1. The van der Waals surface area contributed by atoms with Crippen LogP contribution >= 0.6 is 0 Å². The number of aromatic nitrogens is 1. The molecule has 2 amide bonds. The molecular formula is C17H22N4O2. The summed E-state index contributed by atoms with van der Waals surface area (Å²) in [7, 11) is 0. The summed E-state index contributed by atoms with van der Waals surface area (Å²) in [6, 6.07) is 9.40. The van der Waals surface area contributed by atoms with E-state index >= 15 is 0 Å². The van der Waals surface area contributed by atoms with E-state index < -0.39 is 0 Å². The molecule has 1 saturated heterocycles. The SMILES string of the molecule is O=C(NCc1ccccn1)NC[C@H](c1ccco1)N1CCCC1. The minimum atomic E-state index is -0.189. The van der Waals surface area contributed by atoms with Gasteiger partial charge in [0.05, 0.1) is 24.5 Å². The van der Waals surface area contributed by atoms with Crippen LogP contribution in [0.2, 0.25) is 0 Å². The van der Waals surface area contributed by atoms with Crippen LogP contribution in [0.3, 0.4) is 0 Å². The van der Waals surface area contributed by atoms with E-state index in [2.05, 4.69) is 20.5 Å². The largest absolute Gasteiger partial charge is 0.468 e. The third-order valence-corrected chi connectivity index (χ3v) is 4.07. The number of urea groups is 1. The van der Waals surface area contributed by atoms with Gasteiger partial charge >= 0.3 is 6.03 Å². The minimum absolute atomic E-state index is 0.0908. The zero-order chi connectivity index (χ0) is 15.9. The molecule has 122 valence electrons. The van der Waals surface area contributed by atoms with E-state index in [0.29, 0.717) is 13.1 Å². The summed E-state index contributed by atoms with van der Waals surface area (Å²) in [6.45, 7) is 3.04. The Bertz CT molecular complexity index is 594. The lowest BCUT2D eigenvalue weighted by atomic mass is 10.2. The van der Waals surface area contributed by atoms with Gasteiger partial charge in [0.2, 0.25) is 0 Å². The van der Waals surface area contributed by atoms with E-state index in [0.717, 1.165) is 24.5 Å². The molecule has 1 fully saturated rings. The van der Waals surface area contributed by atoms with Crippen LogP contribution < -0.4 is 10.6 Å². The summed E-state index contributed by atoms with van der Waals surface area (Å²) < 4.78 is 5.55. The van der Waals surface area contributed by atoms with Gasteiger partial charge in [0.25, 0.3) is 0 Å². The summed E-state index contributed by atoms with van der Waals surface area (Å²) in [4.78, 5) is 18.5. The number of amides is 2. The molecule has 0 unspecified atom stereocenters. The van der Waals surface area contributed by atoms with E-state index in [1.807, 2.05) is 30.3 Å². The van der Waals surface area contributed by atoms with Crippen molar-refractivity contribution < 1.29 is 9.21 Å². The monoisotopic (exact) mass is 314 g/mol. The van der Waals surface area contributed by atoms with Crippen LogP contribution in [0.25, 0.3) is 0 Å². The molecule has 0 bridgehead atoms. The number of likely N-dealkylation sites (tertiary alicyclic amines) is 1. The molecule has 6 nitrogen and oxygen atoms in total. The van der Waals surface area contributed by atoms with E-state index in [1.165, 1.54) is 12.8 Å². The van der Waals surface area contributed by atoms with Gasteiger partial charge in [-0.05, 0) is 50.2 Å². The van der Waals surface area contributed by atoms with Crippen LogP contribution in [0.1, 0.15) is 30.3 Å². The summed E-state index contributed by atoms with van der Waals surface area (Å²) in [5.41, 5.74) is 0.838. The molecule has 0 radical (unpaired) electrons. The Hall–Kier alpha value is -2.34. The fourth-order valence-corrected chi connectivity index (χ4v) is 2.87. The topological polar surface area (TPSA) is 70.4 Å². The molecule has 6 heteroatoms. The second-order valence-corrected chi connectivity index (χ2v) is 5.66. The number of hydrogen-bond donors (Lipinski definition) is 2.